The lowest BCUT2D eigenvalue weighted by molar-refractivity contribution is 0.0435. The van der Waals surface area contributed by atoms with E-state index in [9.17, 15) is 4.79 Å². The van der Waals surface area contributed by atoms with Gasteiger partial charge >= 0.3 is 6.09 Å². The average Bonchev–Trinajstić information content (AvgIpc) is 2.43. The number of azide groups is 1. The molecule has 0 saturated heterocycles. The van der Waals surface area contributed by atoms with Crippen molar-refractivity contribution in [1.29, 1.82) is 0 Å². The summed E-state index contributed by atoms with van der Waals surface area (Å²) in [6.45, 7) is 6.09. The van der Waals surface area contributed by atoms with Crippen molar-refractivity contribution in [3.63, 3.8) is 0 Å². The Labute approximate surface area is 130 Å². The van der Waals surface area contributed by atoms with Crippen molar-refractivity contribution in [3.05, 3.63) is 46.3 Å². The second kappa shape index (κ2) is 8.92. The van der Waals surface area contributed by atoms with Crippen molar-refractivity contribution >= 4 is 6.09 Å². The predicted octanol–water partition coefficient (Wildman–Crippen LogP) is 3.41. The molecule has 0 spiro atoms. The fourth-order valence-corrected chi connectivity index (χ4v) is 1.64. The first-order valence-electron chi connectivity index (χ1n) is 7.03. The van der Waals surface area contributed by atoms with E-state index in [1.54, 1.807) is 20.8 Å². The number of alkyl carbamates (subject to hydrolysis) is 1. The summed E-state index contributed by atoms with van der Waals surface area (Å²) in [7, 11) is 0. The first kappa shape index (κ1) is 17.8. The van der Waals surface area contributed by atoms with Gasteiger partial charge in [-0.3, -0.25) is 0 Å². The SMILES string of the molecule is CC(C)(C)OC(=O)NC(CN=[N+]=[N-])COCc1ccccc1. The number of ether oxygens (including phenoxy) is 2. The van der Waals surface area contributed by atoms with Crippen molar-refractivity contribution in [1.82, 2.24) is 5.32 Å². The maximum Gasteiger partial charge on any atom is 0.407 e. The molecule has 7 heteroatoms. The van der Waals surface area contributed by atoms with Crippen LogP contribution in [0.1, 0.15) is 26.3 Å². The zero-order chi connectivity index (χ0) is 16.4. The molecule has 0 bridgehead atoms. The van der Waals surface area contributed by atoms with E-state index in [1.165, 1.54) is 0 Å². The van der Waals surface area contributed by atoms with Gasteiger partial charge in [0.15, 0.2) is 0 Å². The van der Waals surface area contributed by atoms with Crippen molar-refractivity contribution in [2.24, 2.45) is 5.11 Å². The molecule has 1 N–H and O–H groups in total. The monoisotopic (exact) mass is 306 g/mol. The highest BCUT2D eigenvalue weighted by Crippen LogP contribution is 2.07. The Morgan fingerprint density at radius 2 is 2.05 bits per heavy atom. The Hall–Kier alpha value is -2.24. The number of rotatable bonds is 7. The van der Waals surface area contributed by atoms with Gasteiger partial charge in [-0.1, -0.05) is 35.4 Å². The maximum absolute atomic E-state index is 11.7. The minimum Gasteiger partial charge on any atom is -0.444 e. The molecule has 0 aliphatic heterocycles. The van der Waals surface area contributed by atoms with E-state index in [0.29, 0.717) is 6.61 Å². The maximum atomic E-state index is 11.7. The standard InChI is InChI=1S/C15H22N4O3/c1-15(2,3)22-14(20)18-13(9-17-19-16)11-21-10-12-7-5-4-6-8-12/h4-8,13H,9-11H2,1-3H3,(H,18,20). The van der Waals surface area contributed by atoms with Crippen LogP contribution in [0.4, 0.5) is 4.79 Å². The van der Waals surface area contributed by atoms with Gasteiger partial charge < -0.3 is 14.8 Å². The minimum absolute atomic E-state index is 0.102. The second-order valence-electron chi connectivity index (χ2n) is 5.76. The van der Waals surface area contributed by atoms with Crippen molar-refractivity contribution in [3.8, 4) is 0 Å². The fourth-order valence-electron chi connectivity index (χ4n) is 1.64. The summed E-state index contributed by atoms with van der Waals surface area (Å²) < 4.78 is 10.7. The van der Waals surface area contributed by atoms with Gasteiger partial charge in [0.2, 0.25) is 0 Å². The molecule has 0 aliphatic rings. The lowest BCUT2D eigenvalue weighted by Crippen LogP contribution is -2.43. The van der Waals surface area contributed by atoms with Gasteiger partial charge in [0.1, 0.15) is 5.60 Å². The lowest BCUT2D eigenvalue weighted by Gasteiger charge is -2.23. The largest absolute Gasteiger partial charge is 0.444 e. The Kier molecular flexibility index (Phi) is 7.22. The van der Waals surface area contributed by atoms with Gasteiger partial charge in [-0.15, -0.1) is 0 Å². The molecule has 22 heavy (non-hydrogen) atoms. The fraction of sp³-hybridized carbons (Fsp3) is 0.533. The van der Waals surface area contributed by atoms with Gasteiger partial charge in [0.05, 0.1) is 19.3 Å². The Morgan fingerprint density at radius 3 is 2.64 bits per heavy atom. The van der Waals surface area contributed by atoms with Crippen LogP contribution in [0.2, 0.25) is 0 Å². The molecule has 0 heterocycles. The van der Waals surface area contributed by atoms with Crippen LogP contribution in [0.25, 0.3) is 10.4 Å². The second-order valence-corrected chi connectivity index (χ2v) is 5.76. The third-order valence-electron chi connectivity index (χ3n) is 2.52. The molecule has 1 rings (SSSR count). The smallest absolute Gasteiger partial charge is 0.407 e. The molecule has 1 unspecified atom stereocenters. The summed E-state index contributed by atoms with van der Waals surface area (Å²) in [4.78, 5) is 14.4. The van der Waals surface area contributed by atoms with Gasteiger partial charge in [-0.25, -0.2) is 4.79 Å². The molecule has 7 nitrogen and oxygen atoms in total. The average molecular weight is 306 g/mol. The van der Waals surface area contributed by atoms with Crippen LogP contribution >= 0.6 is 0 Å². The van der Waals surface area contributed by atoms with Crippen molar-refractivity contribution in [2.75, 3.05) is 13.2 Å². The van der Waals surface area contributed by atoms with Gasteiger partial charge in [0.25, 0.3) is 0 Å². The van der Waals surface area contributed by atoms with E-state index in [2.05, 4.69) is 15.3 Å². The Bertz CT molecular complexity index is 507. The van der Waals surface area contributed by atoms with Gasteiger partial charge in [-0.2, -0.15) is 0 Å². The number of amides is 1. The number of nitrogens with zero attached hydrogens (tertiary/aromatic N) is 3. The third kappa shape index (κ3) is 8.14. The van der Waals surface area contributed by atoms with Crippen LogP contribution in [0, 0.1) is 0 Å². The van der Waals surface area contributed by atoms with Gasteiger partial charge in [-0.05, 0) is 31.9 Å². The van der Waals surface area contributed by atoms with Gasteiger partial charge in [0, 0.05) is 11.5 Å². The highest BCUT2D eigenvalue weighted by atomic mass is 16.6. The van der Waals surface area contributed by atoms with E-state index in [1.807, 2.05) is 30.3 Å². The molecule has 0 fully saturated rings. The van der Waals surface area contributed by atoms with Crippen LogP contribution in [-0.4, -0.2) is 30.9 Å². The molecule has 0 aliphatic carbocycles. The van der Waals surface area contributed by atoms with Crippen LogP contribution < -0.4 is 5.32 Å². The molecule has 120 valence electrons. The summed E-state index contributed by atoms with van der Waals surface area (Å²) in [5.74, 6) is 0. The number of hydrogen-bond donors (Lipinski definition) is 1. The predicted molar refractivity (Wildman–Crippen MR) is 83.3 cm³/mol. The number of benzene rings is 1. The number of carbonyl (C=O) groups excluding carboxylic acids is 1. The molecular formula is C15H22N4O3. The van der Waals surface area contributed by atoms with E-state index in [-0.39, 0.29) is 13.2 Å². The highest BCUT2D eigenvalue weighted by molar-refractivity contribution is 5.68. The van der Waals surface area contributed by atoms with E-state index in [0.717, 1.165) is 5.56 Å². The van der Waals surface area contributed by atoms with Crippen LogP contribution in [0.5, 0.6) is 0 Å². The zero-order valence-corrected chi connectivity index (χ0v) is 13.2. The zero-order valence-electron chi connectivity index (χ0n) is 13.2. The van der Waals surface area contributed by atoms with E-state index < -0.39 is 17.7 Å². The first-order valence-corrected chi connectivity index (χ1v) is 7.03. The molecule has 0 saturated carbocycles. The Balaban J connectivity index is 2.46. The normalized spacial score (nSPS) is 12.1. The first-order chi connectivity index (χ1) is 10.4. The quantitative estimate of drug-likeness (QED) is 0.475. The van der Waals surface area contributed by atoms with Crippen LogP contribution in [0.3, 0.4) is 0 Å². The van der Waals surface area contributed by atoms with Crippen molar-refractivity contribution in [2.45, 2.75) is 39.0 Å². The number of nitrogens with one attached hydrogen (secondary N) is 1. The molecule has 1 amide bonds. The molecule has 1 aromatic rings. The Morgan fingerprint density at radius 1 is 1.36 bits per heavy atom. The highest BCUT2D eigenvalue weighted by Gasteiger charge is 2.19. The lowest BCUT2D eigenvalue weighted by atomic mass is 10.2. The molecule has 0 radical (unpaired) electrons. The summed E-state index contributed by atoms with van der Waals surface area (Å²) in [6.07, 6.45) is -0.561. The number of hydrogen-bond acceptors (Lipinski definition) is 4. The van der Waals surface area contributed by atoms with Crippen molar-refractivity contribution < 1.29 is 14.3 Å². The third-order valence-corrected chi connectivity index (χ3v) is 2.52. The van der Waals surface area contributed by atoms with E-state index in [4.69, 9.17) is 15.0 Å². The molecule has 1 atom stereocenters. The summed E-state index contributed by atoms with van der Waals surface area (Å²) >= 11 is 0. The molecular weight excluding hydrogens is 284 g/mol. The van der Waals surface area contributed by atoms with Crippen LogP contribution in [-0.2, 0) is 16.1 Å². The summed E-state index contributed by atoms with van der Waals surface area (Å²) in [5.41, 5.74) is 8.86. The van der Waals surface area contributed by atoms with Crippen LogP contribution in [0.15, 0.2) is 35.4 Å². The molecule has 0 aromatic heterocycles. The molecule has 1 aromatic carbocycles. The van der Waals surface area contributed by atoms with E-state index >= 15 is 0 Å². The topological polar surface area (TPSA) is 96.3 Å². The summed E-state index contributed by atoms with van der Waals surface area (Å²) in [5, 5.41) is 6.12. The minimum atomic E-state index is -0.585. The number of carbonyl (C=O) groups is 1. The summed E-state index contributed by atoms with van der Waals surface area (Å²) in [6, 6.07) is 9.24.